The number of hydrogen-bond donors (Lipinski definition) is 2. The molecular formula is C10H16N2O3S. The number of hydrogen-bond acceptors (Lipinski definition) is 4. The minimum atomic E-state index is -3.50. The van der Waals surface area contributed by atoms with E-state index < -0.39 is 21.5 Å². The van der Waals surface area contributed by atoms with E-state index in [0.29, 0.717) is 12.8 Å². The first-order valence-electron chi connectivity index (χ1n) is 5.44. The van der Waals surface area contributed by atoms with Crippen LogP contribution in [0.15, 0.2) is 12.2 Å². The molecule has 0 bridgehead atoms. The maximum absolute atomic E-state index is 11.7. The van der Waals surface area contributed by atoms with Gasteiger partial charge in [0, 0.05) is 5.92 Å². The van der Waals surface area contributed by atoms with Gasteiger partial charge in [0.15, 0.2) is 0 Å². The Labute approximate surface area is 95.1 Å². The molecular weight excluding hydrogens is 228 g/mol. The number of allylic oxidation sites excluding steroid dienone is 1. The molecule has 1 amide bonds. The van der Waals surface area contributed by atoms with Gasteiger partial charge in [-0.25, -0.2) is 8.42 Å². The Morgan fingerprint density at radius 1 is 1.44 bits per heavy atom. The summed E-state index contributed by atoms with van der Waals surface area (Å²) in [6.07, 6.45) is 6.67. The fraction of sp³-hybridized carbons (Fsp3) is 0.700. The Hall–Kier alpha value is -0.880. The summed E-state index contributed by atoms with van der Waals surface area (Å²) in [5, 5.41) is 0. The van der Waals surface area contributed by atoms with Crippen molar-refractivity contribution in [1.82, 2.24) is 4.72 Å². The van der Waals surface area contributed by atoms with Crippen LogP contribution in [-0.4, -0.2) is 25.6 Å². The Bertz CT molecular complexity index is 429. The summed E-state index contributed by atoms with van der Waals surface area (Å²) in [4.78, 5) is 11.7. The van der Waals surface area contributed by atoms with Crippen LogP contribution in [0.1, 0.15) is 25.7 Å². The molecule has 2 atom stereocenters. The molecule has 1 saturated carbocycles. The van der Waals surface area contributed by atoms with Crippen LogP contribution in [0.5, 0.6) is 0 Å². The highest BCUT2D eigenvalue weighted by molar-refractivity contribution is 7.90. The highest BCUT2D eigenvalue weighted by atomic mass is 32.2. The molecule has 0 saturated heterocycles. The number of carbonyl (C=O) groups is 1. The third-order valence-electron chi connectivity index (χ3n) is 3.13. The lowest BCUT2D eigenvalue weighted by molar-refractivity contribution is -0.121. The van der Waals surface area contributed by atoms with Gasteiger partial charge < -0.3 is 5.73 Å². The van der Waals surface area contributed by atoms with Crippen LogP contribution < -0.4 is 10.5 Å². The molecule has 3 N–H and O–H groups in total. The number of nitrogens with one attached hydrogen (secondary N) is 1. The molecule has 0 aromatic rings. The molecule has 0 radical (unpaired) electrons. The van der Waals surface area contributed by atoms with Crippen LogP contribution >= 0.6 is 0 Å². The molecule has 1 aliphatic heterocycles. The zero-order valence-electron chi connectivity index (χ0n) is 8.98. The molecule has 1 heterocycles. The van der Waals surface area contributed by atoms with E-state index in [0.717, 1.165) is 12.8 Å². The number of amides is 1. The maximum Gasteiger partial charge on any atom is 0.254 e. The van der Waals surface area contributed by atoms with Crippen molar-refractivity contribution in [3.05, 3.63) is 12.2 Å². The van der Waals surface area contributed by atoms with Crippen molar-refractivity contribution in [3.63, 3.8) is 0 Å². The third kappa shape index (κ3) is 2.27. The van der Waals surface area contributed by atoms with Crippen LogP contribution in [-0.2, 0) is 14.8 Å². The number of sulfonamides is 1. The van der Waals surface area contributed by atoms with Gasteiger partial charge in [-0.05, 0) is 25.7 Å². The van der Waals surface area contributed by atoms with E-state index in [1.807, 2.05) is 12.2 Å². The van der Waals surface area contributed by atoms with Crippen molar-refractivity contribution in [1.29, 1.82) is 0 Å². The number of fused-ring (bicyclic) bond motifs is 1. The SMILES string of the molecule is N[C@]12CC1/C=C\CCCCS(=O)(=O)NC2=O. The van der Waals surface area contributed by atoms with E-state index in [9.17, 15) is 13.2 Å². The summed E-state index contributed by atoms with van der Waals surface area (Å²) in [7, 11) is -3.50. The van der Waals surface area contributed by atoms with Crippen molar-refractivity contribution < 1.29 is 13.2 Å². The molecule has 5 nitrogen and oxygen atoms in total. The van der Waals surface area contributed by atoms with Crippen molar-refractivity contribution in [2.45, 2.75) is 31.2 Å². The average Bonchev–Trinajstić information content (AvgIpc) is 2.83. The van der Waals surface area contributed by atoms with Crippen LogP contribution in [0, 0.1) is 5.92 Å². The van der Waals surface area contributed by atoms with Crippen LogP contribution in [0.4, 0.5) is 0 Å². The van der Waals surface area contributed by atoms with Crippen LogP contribution in [0.2, 0.25) is 0 Å². The highest BCUT2D eigenvalue weighted by Crippen LogP contribution is 2.42. The van der Waals surface area contributed by atoms with Crippen molar-refractivity contribution in [2.75, 3.05) is 5.75 Å². The topological polar surface area (TPSA) is 89.3 Å². The summed E-state index contributed by atoms with van der Waals surface area (Å²) < 4.78 is 25.1. The highest BCUT2D eigenvalue weighted by Gasteiger charge is 2.56. The predicted molar refractivity (Wildman–Crippen MR) is 59.9 cm³/mol. The van der Waals surface area contributed by atoms with E-state index in [1.165, 1.54) is 0 Å². The smallest absolute Gasteiger partial charge is 0.254 e. The molecule has 0 aromatic carbocycles. The lowest BCUT2D eigenvalue weighted by Gasteiger charge is -2.11. The molecule has 6 heteroatoms. The second kappa shape index (κ2) is 3.85. The molecule has 1 unspecified atom stereocenters. The first-order valence-corrected chi connectivity index (χ1v) is 7.10. The molecule has 2 rings (SSSR count). The van der Waals surface area contributed by atoms with E-state index in [-0.39, 0.29) is 11.7 Å². The zero-order chi connectivity index (χ0) is 11.8. The first-order chi connectivity index (χ1) is 7.44. The van der Waals surface area contributed by atoms with Crippen molar-refractivity contribution in [3.8, 4) is 0 Å². The Morgan fingerprint density at radius 3 is 2.94 bits per heavy atom. The summed E-state index contributed by atoms with van der Waals surface area (Å²) >= 11 is 0. The molecule has 1 fully saturated rings. The van der Waals surface area contributed by atoms with E-state index in [4.69, 9.17) is 5.73 Å². The van der Waals surface area contributed by atoms with Gasteiger partial charge in [0.2, 0.25) is 10.0 Å². The fourth-order valence-electron chi connectivity index (χ4n) is 1.91. The molecule has 16 heavy (non-hydrogen) atoms. The van der Waals surface area contributed by atoms with Gasteiger partial charge in [0.1, 0.15) is 5.54 Å². The molecule has 1 aliphatic carbocycles. The van der Waals surface area contributed by atoms with Gasteiger partial charge >= 0.3 is 0 Å². The largest absolute Gasteiger partial charge is 0.317 e. The summed E-state index contributed by atoms with van der Waals surface area (Å²) in [5.41, 5.74) is 4.82. The quantitative estimate of drug-likeness (QED) is 0.582. The lowest BCUT2D eigenvalue weighted by atomic mass is 10.1. The van der Waals surface area contributed by atoms with Crippen LogP contribution in [0.3, 0.4) is 0 Å². The van der Waals surface area contributed by atoms with Gasteiger partial charge in [-0.3, -0.25) is 9.52 Å². The summed E-state index contributed by atoms with van der Waals surface area (Å²) in [6.45, 7) is 0. The number of rotatable bonds is 0. The van der Waals surface area contributed by atoms with Gasteiger partial charge in [-0.15, -0.1) is 0 Å². The molecule has 0 aromatic heterocycles. The monoisotopic (exact) mass is 244 g/mol. The summed E-state index contributed by atoms with van der Waals surface area (Å²) in [5.74, 6) is -0.585. The molecule has 90 valence electrons. The maximum atomic E-state index is 11.7. The average molecular weight is 244 g/mol. The Morgan fingerprint density at radius 2 is 2.19 bits per heavy atom. The first kappa shape index (κ1) is 11.6. The Balaban J connectivity index is 2.17. The predicted octanol–water partition coefficient (Wildman–Crippen LogP) is -0.110. The van der Waals surface area contributed by atoms with Crippen molar-refractivity contribution in [2.24, 2.45) is 11.7 Å². The normalized spacial score (nSPS) is 40.1. The third-order valence-corrected chi connectivity index (χ3v) is 4.45. The van der Waals surface area contributed by atoms with Crippen molar-refractivity contribution >= 4 is 15.9 Å². The van der Waals surface area contributed by atoms with E-state index in [1.54, 1.807) is 0 Å². The second-order valence-electron chi connectivity index (χ2n) is 4.52. The van der Waals surface area contributed by atoms with Gasteiger partial charge in [-0.2, -0.15) is 0 Å². The minimum absolute atomic E-state index is 0.00662. The fourth-order valence-corrected chi connectivity index (χ4v) is 3.07. The Kier molecular flexibility index (Phi) is 2.79. The molecule has 2 aliphatic rings. The van der Waals surface area contributed by atoms with Gasteiger partial charge in [0.25, 0.3) is 5.91 Å². The second-order valence-corrected chi connectivity index (χ2v) is 6.37. The minimum Gasteiger partial charge on any atom is -0.317 e. The van der Waals surface area contributed by atoms with Crippen LogP contribution in [0.25, 0.3) is 0 Å². The number of carbonyl (C=O) groups excluding carboxylic acids is 1. The van der Waals surface area contributed by atoms with Gasteiger partial charge in [0.05, 0.1) is 5.75 Å². The standard InChI is InChI=1S/C10H16N2O3S/c11-10-7-8(10)5-3-1-2-4-6-16(14,15)12-9(10)13/h3,5,8H,1-2,4,6-7,11H2,(H,12,13)/b5-3-/t8?,10-/m1/s1. The van der Waals surface area contributed by atoms with E-state index >= 15 is 0 Å². The van der Waals surface area contributed by atoms with Gasteiger partial charge in [-0.1, -0.05) is 12.2 Å². The lowest BCUT2D eigenvalue weighted by Crippen LogP contribution is -2.47. The zero-order valence-corrected chi connectivity index (χ0v) is 9.79. The molecule has 0 spiro atoms. The summed E-state index contributed by atoms with van der Waals surface area (Å²) in [6, 6.07) is 0. The van der Waals surface area contributed by atoms with E-state index in [2.05, 4.69) is 4.72 Å². The number of nitrogens with two attached hydrogens (primary N) is 1.